The van der Waals surface area contributed by atoms with Crippen molar-refractivity contribution >= 4 is 23.3 Å². The highest BCUT2D eigenvalue weighted by Crippen LogP contribution is 2.24. The van der Waals surface area contributed by atoms with Gasteiger partial charge in [-0.1, -0.05) is 59.2 Å². The van der Waals surface area contributed by atoms with Gasteiger partial charge < -0.3 is 4.84 Å². The van der Waals surface area contributed by atoms with Crippen molar-refractivity contribution < 1.29 is 14.5 Å². The molecule has 0 aliphatic carbocycles. The summed E-state index contributed by atoms with van der Waals surface area (Å²) < 4.78 is 0. The summed E-state index contributed by atoms with van der Waals surface area (Å²) in [6.07, 6.45) is 0. The number of benzene rings is 2. The molecule has 0 aromatic heterocycles. The Balaban J connectivity index is 1.90. The van der Waals surface area contributed by atoms with E-state index in [1.54, 1.807) is 38.1 Å². The summed E-state index contributed by atoms with van der Waals surface area (Å²) in [5.74, 6) is -0.0545. The molecule has 0 atom stereocenters. The fourth-order valence-electron chi connectivity index (χ4n) is 2.20. The lowest BCUT2D eigenvalue weighted by molar-refractivity contribution is -0.196. The molecule has 0 saturated heterocycles. The van der Waals surface area contributed by atoms with E-state index in [0.717, 1.165) is 5.56 Å². The van der Waals surface area contributed by atoms with Crippen LogP contribution in [0.25, 0.3) is 0 Å². The summed E-state index contributed by atoms with van der Waals surface area (Å²) in [5.41, 5.74) is 0.484. The lowest BCUT2D eigenvalue weighted by atomic mass is 10.1. The molecule has 0 unspecified atom stereocenters. The molecule has 1 aliphatic heterocycles. The Morgan fingerprint density at radius 1 is 1.17 bits per heavy atom. The lowest BCUT2D eigenvalue weighted by Crippen LogP contribution is -2.52. The van der Waals surface area contributed by atoms with Gasteiger partial charge in [0.2, 0.25) is 11.4 Å². The smallest absolute Gasteiger partial charge is 0.298 e. The van der Waals surface area contributed by atoms with Crippen molar-refractivity contribution in [3.63, 3.8) is 0 Å². The number of hydrogen-bond donors (Lipinski definition) is 0. The van der Waals surface area contributed by atoms with E-state index in [1.165, 1.54) is 5.06 Å². The van der Waals surface area contributed by atoms with Crippen molar-refractivity contribution in [1.29, 1.82) is 0 Å². The number of amides is 1. The first kappa shape index (κ1) is 16.5. The number of rotatable bonds is 4. The average molecular weight is 345 g/mol. The van der Waals surface area contributed by atoms with Crippen LogP contribution in [-0.2, 0) is 21.1 Å². The second kappa shape index (κ2) is 6.63. The highest BCUT2D eigenvalue weighted by atomic mass is 35.5. The predicted molar refractivity (Wildman–Crippen MR) is 91.2 cm³/mol. The molecule has 1 amide bonds. The summed E-state index contributed by atoms with van der Waals surface area (Å²) in [7, 11) is 0. The summed E-state index contributed by atoms with van der Waals surface area (Å²) in [4.78, 5) is 23.8. The van der Waals surface area contributed by atoms with Crippen LogP contribution >= 0.6 is 11.6 Å². The molecule has 0 spiro atoms. The van der Waals surface area contributed by atoms with Crippen molar-refractivity contribution in [2.45, 2.75) is 26.1 Å². The van der Waals surface area contributed by atoms with Crippen molar-refractivity contribution in [3.05, 3.63) is 70.7 Å². The van der Waals surface area contributed by atoms with Crippen LogP contribution in [-0.4, -0.2) is 22.4 Å². The molecule has 0 saturated carbocycles. The van der Waals surface area contributed by atoms with Crippen molar-refractivity contribution in [3.8, 4) is 0 Å². The van der Waals surface area contributed by atoms with Crippen molar-refractivity contribution in [1.82, 2.24) is 5.06 Å². The fourth-order valence-corrected chi connectivity index (χ4v) is 2.40. The minimum atomic E-state index is -1.10. The average Bonchev–Trinajstić information content (AvgIpc) is 2.57. The maximum absolute atomic E-state index is 12.7. The standard InChI is InChI=1S/C18H17ClN2O3/c1-18(2)17(22)21(23-12-13-7-4-3-5-8-13)16(20-24-18)14-9-6-10-15(19)11-14/h3-11H,12H2,1-2H3. The number of hydroxylamine groups is 2. The Kier molecular flexibility index (Phi) is 4.55. The summed E-state index contributed by atoms with van der Waals surface area (Å²) >= 11 is 6.04. The quantitative estimate of drug-likeness (QED) is 0.848. The summed E-state index contributed by atoms with van der Waals surface area (Å²) in [6, 6.07) is 16.6. The summed E-state index contributed by atoms with van der Waals surface area (Å²) in [5, 5.41) is 5.80. The van der Waals surface area contributed by atoms with Crippen LogP contribution < -0.4 is 0 Å². The van der Waals surface area contributed by atoms with E-state index in [1.807, 2.05) is 30.3 Å². The van der Waals surface area contributed by atoms with Crippen LogP contribution in [0.4, 0.5) is 0 Å². The Bertz CT molecular complexity index is 775. The molecule has 3 rings (SSSR count). The molecular weight excluding hydrogens is 328 g/mol. The second-order valence-corrected chi connectivity index (χ2v) is 6.32. The number of halogens is 1. The van der Waals surface area contributed by atoms with Crippen molar-refractivity contribution in [2.24, 2.45) is 5.16 Å². The largest absolute Gasteiger partial charge is 0.378 e. The molecule has 124 valence electrons. The molecule has 6 heteroatoms. The van der Waals surface area contributed by atoms with Crippen LogP contribution in [0, 0.1) is 0 Å². The Labute approximate surface area is 145 Å². The maximum Gasteiger partial charge on any atom is 0.298 e. The zero-order valence-electron chi connectivity index (χ0n) is 13.4. The number of oxime groups is 1. The van der Waals surface area contributed by atoms with E-state index in [9.17, 15) is 4.79 Å². The Morgan fingerprint density at radius 3 is 2.62 bits per heavy atom. The summed E-state index contributed by atoms with van der Waals surface area (Å²) in [6.45, 7) is 3.53. The number of carbonyl (C=O) groups is 1. The second-order valence-electron chi connectivity index (χ2n) is 5.89. The molecule has 0 radical (unpaired) electrons. The zero-order chi connectivity index (χ0) is 17.2. The number of hydrogen-bond acceptors (Lipinski definition) is 4. The normalized spacial score (nSPS) is 16.5. The molecule has 0 bridgehead atoms. The lowest BCUT2D eigenvalue weighted by Gasteiger charge is -2.34. The predicted octanol–water partition coefficient (Wildman–Crippen LogP) is 3.77. The molecular formula is C18H17ClN2O3. The third kappa shape index (κ3) is 3.42. The topological polar surface area (TPSA) is 51.1 Å². The molecule has 0 fully saturated rings. The first-order chi connectivity index (χ1) is 11.5. The van der Waals surface area contributed by atoms with E-state index < -0.39 is 5.60 Å². The van der Waals surface area contributed by atoms with Gasteiger partial charge >= 0.3 is 0 Å². The number of carbonyl (C=O) groups excluding carboxylic acids is 1. The van der Waals surface area contributed by atoms with Crippen LogP contribution in [0.2, 0.25) is 5.02 Å². The van der Waals surface area contributed by atoms with Gasteiger partial charge in [0.25, 0.3) is 5.91 Å². The third-order valence-corrected chi connectivity index (χ3v) is 3.77. The monoisotopic (exact) mass is 344 g/mol. The molecule has 2 aromatic carbocycles. The van der Waals surface area contributed by atoms with Gasteiger partial charge in [0.15, 0.2) is 0 Å². The van der Waals surface area contributed by atoms with Gasteiger partial charge in [0.1, 0.15) is 6.61 Å². The zero-order valence-corrected chi connectivity index (χ0v) is 14.2. The Morgan fingerprint density at radius 2 is 1.92 bits per heavy atom. The SMILES string of the molecule is CC1(C)ON=C(c2cccc(Cl)c2)N(OCc2ccccc2)C1=O. The van der Waals surface area contributed by atoms with Gasteiger partial charge in [-0.15, -0.1) is 0 Å². The van der Waals surface area contributed by atoms with Gasteiger partial charge in [-0.05, 0) is 31.5 Å². The molecule has 1 heterocycles. The van der Waals surface area contributed by atoms with Gasteiger partial charge in [-0.2, -0.15) is 5.06 Å². The minimum Gasteiger partial charge on any atom is -0.378 e. The first-order valence-electron chi connectivity index (χ1n) is 7.51. The number of nitrogens with zero attached hydrogens (tertiary/aromatic N) is 2. The molecule has 5 nitrogen and oxygen atoms in total. The molecule has 1 aliphatic rings. The van der Waals surface area contributed by atoms with E-state index in [-0.39, 0.29) is 18.3 Å². The fraction of sp³-hybridized carbons (Fsp3) is 0.222. The van der Waals surface area contributed by atoms with Crippen LogP contribution in [0.1, 0.15) is 25.0 Å². The van der Waals surface area contributed by atoms with E-state index in [4.69, 9.17) is 21.3 Å². The van der Waals surface area contributed by atoms with E-state index in [0.29, 0.717) is 10.6 Å². The highest BCUT2D eigenvalue weighted by molar-refractivity contribution is 6.31. The van der Waals surface area contributed by atoms with Crippen LogP contribution in [0.3, 0.4) is 0 Å². The van der Waals surface area contributed by atoms with Crippen LogP contribution in [0.15, 0.2) is 59.8 Å². The van der Waals surface area contributed by atoms with Crippen LogP contribution in [0.5, 0.6) is 0 Å². The Hall–Kier alpha value is -2.37. The van der Waals surface area contributed by atoms with Gasteiger partial charge in [-0.25, -0.2) is 0 Å². The van der Waals surface area contributed by atoms with E-state index >= 15 is 0 Å². The molecule has 24 heavy (non-hydrogen) atoms. The molecule has 0 N–H and O–H groups in total. The van der Waals surface area contributed by atoms with Gasteiger partial charge in [0.05, 0.1) is 0 Å². The van der Waals surface area contributed by atoms with Crippen molar-refractivity contribution in [2.75, 3.05) is 0 Å². The minimum absolute atomic E-state index is 0.238. The maximum atomic E-state index is 12.7. The molecule has 2 aromatic rings. The van der Waals surface area contributed by atoms with Gasteiger partial charge in [-0.3, -0.25) is 9.63 Å². The third-order valence-electron chi connectivity index (χ3n) is 3.54. The number of amidine groups is 1. The van der Waals surface area contributed by atoms with E-state index in [2.05, 4.69) is 5.16 Å². The first-order valence-corrected chi connectivity index (χ1v) is 7.89. The van der Waals surface area contributed by atoms with Gasteiger partial charge in [0, 0.05) is 10.6 Å². The highest BCUT2D eigenvalue weighted by Gasteiger charge is 2.42.